The average molecular weight is 304 g/mol. The third kappa shape index (κ3) is 2.90. The number of anilines is 1. The van der Waals surface area contributed by atoms with Crippen LogP contribution in [0.25, 0.3) is 0 Å². The van der Waals surface area contributed by atoms with Gasteiger partial charge in [0.2, 0.25) is 10.0 Å². The standard InChI is InChI=1S/C11H16N2O4S2/c1-9-8-10(2-3-11(9)12)19(16,17)13-4-6-18(14,15)7-5-13/h2-3,8H,4-7,12H2,1H3. The van der Waals surface area contributed by atoms with E-state index in [-0.39, 0.29) is 29.5 Å². The largest absolute Gasteiger partial charge is 0.399 e. The van der Waals surface area contributed by atoms with Gasteiger partial charge in [-0.2, -0.15) is 4.31 Å². The van der Waals surface area contributed by atoms with E-state index in [9.17, 15) is 16.8 Å². The Balaban J connectivity index is 2.30. The molecular weight excluding hydrogens is 288 g/mol. The molecule has 1 aromatic rings. The molecule has 2 N–H and O–H groups in total. The molecule has 0 bridgehead atoms. The Morgan fingerprint density at radius 1 is 1.21 bits per heavy atom. The summed E-state index contributed by atoms with van der Waals surface area (Å²) in [6.45, 7) is 1.75. The molecule has 1 aliphatic heterocycles. The second-order valence-electron chi connectivity index (χ2n) is 4.57. The van der Waals surface area contributed by atoms with Crippen molar-refractivity contribution in [3.63, 3.8) is 0 Å². The van der Waals surface area contributed by atoms with E-state index in [2.05, 4.69) is 0 Å². The van der Waals surface area contributed by atoms with Crippen molar-refractivity contribution in [1.29, 1.82) is 0 Å². The molecule has 1 aliphatic rings. The predicted octanol–water partition coefficient (Wildman–Crippen LogP) is -0.00368. The maximum atomic E-state index is 12.4. The Morgan fingerprint density at radius 2 is 1.79 bits per heavy atom. The van der Waals surface area contributed by atoms with E-state index in [4.69, 9.17) is 5.73 Å². The van der Waals surface area contributed by atoms with Crippen LogP contribution in [0.5, 0.6) is 0 Å². The van der Waals surface area contributed by atoms with Crippen LogP contribution in [0, 0.1) is 6.92 Å². The van der Waals surface area contributed by atoms with E-state index in [1.165, 1.54) is 16.4 Å². The van der Waals surface area contributed by atoms with Gasteiger partial charge in [-0.3, -0.25) is 0 Å². The van der Waals surface area contributed by atoms with Gasteiger partial charge in [-0.05, 0) is 30.7 Å². The molecule has 0 unspecified atom stereocenters. The number of aryl methyl sites for hydroxylation is 1. The Kier molecular flexibility index (Phi) is 3.59. The lowest BCUT2D eigenvalue weighted by molar-refractivity contribution is 0.430. The highest BCUT2D eigenvalue weighted by molar-refractivity contribution is 7.92. The van der Waals surface area contributed by atoms with E-state index >= 15 is 0 Å². The minimum atomic E-state index is -3.64. The fourth-order valence-electron chi connectivity index (χ4n) is 1.89. The summed E-state index contributed by atoms with van der Waals surface area (Å²) in [4.78, 5) is 0.151. The van der Waals surface area contributed by atoms with E-state index in [0.717, 1.165) is 0 Å². The molecule has 0 atom stereocenters. The van der Waals surface area contributed by atoms with Crippen LogP contribution in [-0.4, -0.2) is 45.7 Å². The summed E-state index contributed by atoms with van der Waals surface area (Å²) in [6, 6.07) is 4.50. The normalized spacial score (nSPS) is 20.3. The zero-order valence-corrected chi connectivity index (χ0v) is 12.2. The first kappa shape index (κ1) is 14.3. The van der Waals surface area contributed by atoms with Gasteiger partial charge >= 0.3 is 0 Å². The van der Waals surface area contributed by atoms with Gasteiger partial charge in [-0.15, -0.1) is 0 Å². The van der Waals surface area contributed by atoms with Crippen LogP contribution in [0.2, 0.25) is 0 Å². The van der Waals surface area contributed by atoms with Gasteiger partial charge in [0.05, 0.1) is 16.4 Å². The molecule has 19 heavy (non-hydrogen) atoms. The highest BCUT2D eigenvalue weighted by atomic mass is 32.2. The Labute approximate surface area is 113 Å². The molecule has 0 radical (unpaired) electrons. The van der Waals surface area contributed by atoms with Gasteiger partial charge in [-0.1, -0.05) is 0 Å². The summed E-state index contributed by atoms with van der Waals surface area (Å²) < 4.78 is 48.6. The summed E-state index contributed by atoms with van der Waals surface area (Å²) in [5, 5.41) is 0. The van der Waals surface area contributed by atoms with Crippen LogP contribution < -0.4 is 5.73 Å². The quantitative estimate of drug-likeness (QED) is 0.775. The third-order valence-corrected chi connectivity index (χ3v) is 6.69. The van der Waals surface area contributed by atoms with Crippen LogP contribution in [-0.2, 0) is 19.9 Å². The van der Waals surface area contributed by atoms with Crippen LogP contribution in [0.3, 0.4) is 0 Å². The number of rotatable bonds is 2. The summed E-state index contributed by atoms with van der Waals surface area (Å²) in [6.07, 6.45) is 0. The first-order chi connectivity index (χ1) is 8.72. The minimum absolute atomic E-state index is 0.00803. The lowest BCUT2D eigenvalue weighted by Gasteiger charge is -2.26. The minimum Gasteiger partial charge on any atom is -0.399 e. The number of sulfone groups is 1. The lowest BCUT2D eigenvalue weighted by atomic mass is 10.2. The van der Waals surface area contributed by atoms with Crippen LogP contribution in [0.4, 0.5) is 5.69 Å². The SMILES string of the molecule is Cc1cc(S(=O)(=O)N2CCS(=O)(=O)CC2)ccc1N. The van der Waals surface area contributed by atoms with Crippen molar-refractivity contribution in [2.45, 2.75) is 11.8 Å². The Morgan fingerprint density at radius 3 is 2.32 bits per heavy atom. The molecule has 8 heteroatoms. The first-order valence-electron chi connectivity index (χ1n) is 5.79. The highest BCUT2D eigenvalue weighted by Gasteiger charge is 2.31. The molecule has 1 heterocycles. The fourth-order valence-corrected chi connectivity index (χ4v) is 4.85. The van der Waals surface area contributed by atoms with Crippen molar-refractivity contribution in [1.82, 2.24) is 4.31 Å². The third-order valence-electron chi connectivity index (χ3n) is 3.18. The Hall–Kier alpha value is -1.12. The van der Waals surface area contributed by atoms with E-state index in [0.29, 0.717) is 11.3 Å². The predicted molar refractivity (Wildman–Crippen MR) is 73.0 cm³/mol. The molecule has 0 spiro atoms. The molecule has 6 nitrogen and oxygen atoms in total. The van der Waals surface area contributed by atoms with Gasteiger partial charge in [0.25, 0.3) is 0 Å². The molecule has 1 saturated heterocycles. The molecule has 0 saturated carbocycles. The van der Waals surface area contributed by atoms with Crippen LogP contribution >= 0.6 is 0 Å². The molecule has 1 fully saturated rings. The number of hydrogen-bond acceptors (Lipinski definition) is 5. The van der Waals surface area contributed by atoms with Crippen molar-refractivity contribution >= 4 is 25.5 Å². The van der Waals surface area contributed by atoms with Crippen molar-refractivity contribution in [3.8, 4) is 0 Å². The summed E-state index contributed by atoms with van der Waals surface area (Å²) in [5.74, 6) is -0.250. The second-order valence-corrected chi connectivity index (χ2v) is 8.82. The van der Waals surface area contributed by atoms with E-state index in [1.807, 2.05) is 0 Å². The number of nitrogens with zero attached hydrogens (tertiary/aromatic N) is 1. The van der Waals surface area contributed by atoms with Crippen molar-refractivity contribution in [3.05, 3.63) is 23.8 Å². The van der Waals surface area contributed by atoms with Crippen LogP contribution in [0.1, 0.15) is 5.56 Å². The molecule has 1 aromatic carbocycles. The van der Waals surface area contributed by atoms with Gasteiger partial charge in [0.1, 0.15) is 0 Å². The smallest absolute Gasteiger partial charge is 0.243 e. The molecule has 0 aromatic heterocycles. The lowest BCUT2D eigenvalue weighted by Crippen LogP contribution is -2.43. The molecule has 106 valence electrons. The molecule has 2 rings (SSSR count). The van der Waals surface area contributed by atoms with Crippen LogP contribution in [0.15, 0.2) is 23.1 Å². The van der Waals surface area contributed by atoms with Gasteiger partial charge in [0, 0.05) is 18.8 Å². The fraction of sp³-hybridized carbons (Fsp3) is 0.455. The van der Waals surface area contributed by atoms with E-state index < -0.39 is 19.9 Å². The van der Waals surface area contributed by atoms with Gasteiger partial charge < -0.3 is 5.73 Å². The first-order valence-corrected chi connectivity index (χ1v) is 9.05. The van der Waals surface area contributed by atoms with E-state index in [1.54, 1.807) is 13.0 Å². The monoisotopic (exact) mass is 304 g/mol. The number of sulfonamides is 1. The topological polar surface area (TPSA) is 97.5 Å². The number of nitrogen functional groups attached to an aromatic ring is 1. The van der Waals surface area contributed by atoms with Crippen molar-refractivity contribution < 1.29 is 16.8 Å². The van der Waals surface area contributed by atoms with Gasteiger partial charge in [0.15, 0.2) is 9.84 Å². The molecular formula is C11H16N2O4S2. The number of nitrogens with two attached hydrogens (primary N) is 1. The number of hydrogen-bond donors (Lipinski definition) is 1. The zero-order chi connectivity index (χ0) is 14.3. The Bertz CT molecular complexity index is 681. The van der Waals surface area contributed by atoms with Crippen molar-refractivity contribution in [2.75, 3.05) is 30.3 Å². The summed E-state index contributed by atoms with van der Waals surface area (Å²) >= 11 is 0. The van der Waals surface area contributed by atoms with Gasteiger partial charge in [-0.25, -0.2) is 16.8 Å². The average Bonchev–Trinajstić information content (AvgIpc) is 2.32. The zero-order valence-electron chi connectivity index (χ0n) is 10.5. The maximum absolute atomic E-state index is 12.4. The highest BCUT2D eigenvalue weighted by Crippen LogP contribution is 2.21. The number of benzene rings is 1. The maximum Gasteiger partial charge on any atom is 0.243 e. The summed E-state index contributed by atoms with van der Waals surface area (Å²) in [7, 11) is -6.74. The second kappa shape index (κ2) is 4.77. The molecule has 0 amide bonds. The molecule has 0 aliphatic carbocycles. The summed E-state index contributed by atoms with van der Waals surface area (Å²) in [5.41, 5.74) is 6.87. The van der Waals surface area contributed by atoms with Crippen molar-refractivity contribution in [2.24, 2.45) is 0 Å².